The Labute approximate surface area is 124 Å². The maximum absolute atomic E-state index is 11.8. The first kappa shape index (κ1) is 15.4. The van der Waals surface area contributed by atoms with Gasteiger partial charge in [-0.2, -0.15) is 0 Å². The topological polar surface area (TPSA) is 68.8 Å². The van der Waals surface area contributed by atoms with Crippen LogP contribution in [0.3, 0.4) is 0 Å². The second kappa shape index (κ2) is 7.17. The van der Waals surface area contributed by atoms with Crippen molar-refractivity contribution in [2.45, 2.75) is 25.4 Å². The van der Waals surface area contributed by atoms with Crippen LogP contribution in [0.2, 0.25) is 0 Å². The molecule has 0 aromatic heterocycles. The lowest BCUT2D eigenvalue weighted by Crippen LogP contribution is -2.47. The Kier molecular flexibility index (Phi) is 5.27. The van der Waals surface area contributed by atoms with Gasteiger partial charge in [-0.25, -0.2) is 0 Å². The van der Waals surface area contributed by atoms with E-state index in [-0.39, 0.29) is 11.9 Å². The predicted octanol–water partition coefficient (Wildman–Crippen LogP) is 1.08. The van der Waals surface area contributed by atoms with Crippen LogP contribution in [0.4, 0.5) is 0 Å². The molecule has 0 spiro atoms. The van der Waals surface area contributed by atoms with Gasteiger partial charge >= 0.3 is 0 Å². The number of rotatable bonds is 6. The zero-order chi connectivity index (χ0) is 15.2. The first-order valence-corrected chi connectivity index (χ1v) is 6.99. The van der Waals surface area contributed by atoms with Gasteiger partial charge in [0.05, 0.1) is 32.9 Å². The first-order chi connectivity index (χ1) is 10.2. The second-order valence-electron chi connectivity index (χ2n) is 4.88. The van der Waals surface area contributed by atoms with Gasteiger partial charge in [-0.05, 0) is 12.8 Å². The smallest absolute Gasteiger partial charge is 0.237 e. The van der Waals surface area contributed by atoms with Gasteiger partial charge in [0.25, 0.3) is 0 Å². The first-order valence-electron chi connectivity index (χ1n) is 6.99. The Morgan fingerprint density at radius 2 is 1.86 bits per heavy atom. The third kappa shape index (κ3) is 3.58. The Hall–Kier alpha value is -1.95. The van der Waals surface area contributed by atoms with Crippen molar-refractivity contribution < 1.29 is 19.0 Å². The van der Waals surface area contributed by atoms with E-state index in [2.05, 4.69) is 10.6 Å². The Morgan fingerprint density at radius 3 is 2.38 bits per heavy atom. The fraction of sp³-hybridized carbons (Fsp3) is 0.533. The molecule has 2 N–H and O–H groups in total. The van der Waals surface area contributed by atoms with Crippen LogP contribution < -0.4 is 24.8 Å². The van der Waals surface area contributed by atoms with Gasteiger partial charge < -0.3 is 24.8 Å². The molecule has 1 aliphatic rings. The number of carbonyl (C=O) groups excluding carboxylic acids is 1. The van der Waals surface area contributed by atoms with E-state index in [1.165, 1.54) is 0 Å². The van der Waals surface area contributed by atoms with Crippen LogP contribution >= 0.6 is 0 Å². The van der Waals surface area contributed by atoms with Crippen molar-refractivity contribution in [3.05, 3.63) is 17.7 Å². The van der Waals surface area contributed by atoms with Gasteiger partial charge in [0, 0.05) is 25.2 Å². The Bertz CT molecular complexity index is 479. The minimum Gasteiger partial charge on any atom is -0.496 e. The van der Waals surface area contributed by atoms with Crippen molar-refractivity contribution in [2.75, 3.05) is 27.9 Å². The summed E-state index contributed by atoms with van der Waals surface area (Å²) >= 11 is 0. The second-order valence-corrected chi connectivity index (χ2v) is 4.88. The van der Waals surface area contributed by atoms with Gasteiger partial charge in [0.1, 0.15) is 17.2 Å². The van der Waals surface area contributed by atoms with E-state index in [4.69, 9.17) is 14.2 Å². The minimum absolute atomic E-state index is 0.0488. The molecule has 1 unspecified atom stereocenters. The van der Waals surface area contributed by atoms with E-state index in [1.807, 2.05) is 0 Å². The number of ether oxygens (including phenoxy) is 3. The molecular formula is C15H22N2O4. The van der Waals surface area contributed by atoms with Gasteiger partial charge in [-0.1, -0.05) is 0 Å². The monoisotopic (exact) mass is 294 g/mol. The molecule has 2 rings (SSSR count). The standard InChI is InChI=1S/C15H22N2O4/c1-19-10-7-13(20-2)11(14(8-10)21-3)9-17-12-5-4-6-16-15(12)18/h7-8,12,17H,4-6,9H2,1-3H3,(H,16,18). The molecule has 6 heteroatoms. The average molecular weight is 294 g/mol. The SMILES string of the molecule is COc1cc(OC)c(CNC2CCCNC2=O)c(OC)c1. The molecule has 1 fully saturated rings. The summed E-state index contributed by atoms with van der Waals surface area (Å²) in [5.74, 6) is 2.07. The maximum Gasteiger partial charge on any atom is 0.237 e. The lowest BCUT2D eigenvalue weighted by molar-refractivity contribution is -0.124. The molecule has 1 amide bonds. The minimum atomic E-state index is -0.171. The molecule has 1 aromatic carbocycles. The zero-order valence-electron chi connectivity index (χ0n) is 12.7. The van der Waals surface area contributed by atoms with Crippen LogP contribution in [0.15, 0.2) is 12.1 Å². The summed E-state index contributed by atoms with van der Waals surface area (Å²) in [7, 11) is 4.80. The van der Waals surface area contributed by atoms with Crippen molar-refractivity contribution in [3.63, 3.8) is 0 Å². The van der Waals surface area contributed by atoms with Crippen molar-refractivity contribution in [1.82, 2.24) is 10.6 Å². The van der Waals surface area contributed by atoms with Gasteiger partial charge in [0.2, 0.25) is 5.91 Å². The quantitative estimate of drug-likeness (QED) is 0.822. The highest BCUT2D eigenvalue weighted by Gasteiger charge is 2.22. The normalized spacial score (nSPS) is 18.0. The molecule has 0 saturated carbocycles. The fourth-order valence-corrected chi connectivity index (χ4v) is 2.44. The molecular weight excluding hydrogens is 272 g/mol. The number of carbonyl (C=O) groups is 1. The number of piperidine rings is 1. The number of benzene rings is 1. The summed E-state index contributed by atoms with van der Waals surface area (Å²) in [6.45, 7) is 1.25. The van der Waals surface area contributed by atoms with Crippen molar-refractivity contribution in [1.29, 1.82) is 0 Å². The summed E-state index contributed by atoms with van der Waals surface area (Å²) in [5.41, 5.74) is 0.874. The molecule has 0 bridgehead atoms. The fourth-order valence-electron chi connectivity index (χ4n) is 2.44. The van der Waals surface area contributed by atoms with Crippen LogP contribution in [0.25, 0.3) is 0 Å². The summed E-state index contributed by atoms with van der Waals surface area (Å²) in [5, 5.41) is 6.12. The number of amides is 1. The molecule has 1 aromatic rings. The summed E-state index contributed by atoms with van der Waals surface area (Å²) < 4.78 is 16.0. The predicted molar refractivity (Wildman–Crippen MR) is 79.0 cm³/mol. The largest absolute Gasteiger partial charge is 0.496 e. The Morgan fingerprint density at radius 1 is 1.19 bits per heavy atom. The molecule has 6 nitrogen and oxygen atoms in total. The van der Waals surface area contributed by atoms with E-state index in [1.54, 1.807) is 33.5 Å². The van der Waals surface area contributed by atoms with Crippen LogP contribution in [-0.4, -0.2) is 39.8 Å². The lowest BCUT2D eigenvalue weighted by Gasteiger charge is -2.24. The van der Waals surface area contributed by atoms with Crippen molar-refractivity contribution in [3.8, 4) is 17.2 Å². The number of methoxy groups -OCH3 is 3. The number of hydrogen-bond donors (Lipinski definition) is 2. The lowest BCUT2D eigenvalue weighted by atomic mass is 10.1. The maximum atomic E-state index is 11.8. The van der Waals surface area contributed by atoms with Crippen LogP contribution in [0.5, 0.6) is 17.2 Å². The van der Waals surface area contributed by atoms with E-state index in [9.17, 15) is 4.79 Å². The highest BCUT2D eigenvalue weighted by molar-refractivity contribution is 5.82. The molecule has 0 aliphatic carbocycles. The molecule has 116 valence electrons. The van der Waals surface area contributed by atoms with Gasteiger partial charge in [-0.15, -0.1) is 0 Å². The van der Waals surface area contributed by atoms with E-state index < -0.39 is 0 Å². The zero-order valence-corrected chi connectivity index (χ0v) is 12.7. The molecule has 1 saturated heterocycles. The third-order valence-electron chi connectivity index (χ3n) is 3.63. The molecule has 0 radical (unpaired) electrons. The van der Waals surface area contributed by atoms with Crippen LogP contribution in [0, 0.1) is 0 Å². The number of nitrogens with one attached hydrogen (secondary N) is 2. The van der Waals surface area contributed by atoms with E-state index in [0.29, 0.717) is 23.8 Å². The molecule has 1 heterocycles. The highest BCUT2D eigenvalue weighted by atomic mass is 16.5. The molecule has 1 atom stereocenters. The number of hydrogen-bond acceptors (Lipinski definition) is 5. The molecule has 1 aliphatic heterocycles. The molecule has 21 heavy (non-hydrogen) atoms. The highest BCUT2D eigenvalue weighted by Crippen LogP contribution is 2.34. The summed E-state index contributed by atoms with van der Waals surface area (Å²) in [6, 6.07) is 3.44. The van der Waals surface area contributed by atoms with Gasteiger partial charge in [0.15, 0.2) is 0 Å². The van der Waals surface area contributed by atoms with Crippen molar-refractivity contribution in [2.24, 2.45) is 0 Å². The van der Waals surface area contributed by atoms with Crippen LogP contribution in [-0.2, 0) is 11.3 Å². The Balaban J connectivity index is 2.16. The van der Waals surface area contributed by atoms with E-state index in [0.717, 1.165) is 24.9 Å². The van der Waals surface area contributed by atoms with Crippen molar-refractivity contribution >= 4 is 5.91 Å². The van der Waals surface area contributed by atoms with Gasteiger partial charge in [-0.3, -0.25) is 4.79 Å². The average Bonchev–Trinajstić information content (AvgIpc) is 2.53. The summed E-state index contributed by atoms with van der Waals surface area (Å²) in [4.78, 5) is 11.8. The summed E-state index contributed by atoms with van der Waals surface area (Å²) in [6.07, 6.45) is 1.83. The van der Waals surface area contributed by atoms with E-state index >= 15 is 0 Å². The van der Waals surface area contributed by atoms with Crippen LogP contribution in [0.1, 0.15) is 18.4 Å². The third-order valence-corrected chi connectivity index (χ3v) is 3.63.